The maximum atomic E-state index is 11.4. The first-order valence-corrected chi connectivity index (χ1v) is 5.36. The van der Waals surface area contributed by atoms with E-state index in [9.17, 15) is 14.9 Å². The maximum absolute atomic E-state index is 11.4. The van der Waals surface area contributed by atoms with Crippen molar-refractivity contribution in [1.29, 1.82) is 0 Å². The zero-order chi connectivity index (χ0) is 10.8. The van der Waals surface area contributed by atoms with Crippen molar-refractivity contribution in [2.24, 2.45) is 0 Å². The molecule has 1 amide bonds. The van der Waals surface area contributed by atoms with E-state index >= 15 is 0 Å². The van der Waals surface area contributed by atoms with Crippen LogP contribution in [0.2, 0.25) is 0 Å². The summed E-state index contributed by atoms with van der Waals surface area (Å²) in [5.41, 5.74) is 0.367. The summed E-state index contributed by atoms with van der Waals surface area (Å²) < 4.78 is 0. The van der Waals surface area contributed by atoms with Crippen molar-refractivity contribution < 1.29 is 9.72 Å². The Morgan fingerprint density at radius 1 is 1.40 bits per heavy atom. The minimum Gasteiger partial charge on any atom is -0.296 e. The van der Waals surface area contributed by atoms with Gasteiger partial charge in [-0.2, -0.15) is 0 Å². The van der Waals surface area contributed by atoms with E-state index in [4.69, 9.17) is 0 Å². The van der Waals surface area contributed by atoms with Gasteiger partial charge in [0.05, 0.1) is 4.92 Å². The number of carbonyl (C=O) groups is 1. The number of anilines is 1. The Bertz CT molecular complexity index is 422. The van der Waals surface area contributed by atoms with Gasteiger partial charge in [-0.1, -0.05) is 23.9 Å². The number of nitro groups is 1. The highest BCUT2D eigenvalue weighted by Crippen LogP contribution is 2.32. The van der Waals surface area contributed by atoms with Crippen LogP contribution in [0.3, 0.4) is 0 Å². The zero-order valence-electron chi connectivity index (χ0n) is 7.75. The first kappa shape index (κ1) is 9.97. The molecule has 0 spiro atoms. The third-order valence-electron chi connectivity index (χ3n) is 2.13. The fraction of sp³-hybridized carbons (Fsp3) is 0.222. The van der Waals surface area contributed by atoms with Gasteiger partial charge in [0, 0.05) is 18.4 Å². The van der Waals surface area contributed by atoms with Gasteiger partial charge in [-0.25, -0.2) is 0 Å². The molecule has 1 saturated heterocycles. The predicted octanol–water partition coefficient (Wildman–Crippen LogP) is 2.27. The van der Waals surface area contributed by atoms with Crippen molar-refractivity contribution >= 4 is 28.4 Å². The molecule has 6 heteroatoms. The second kappa shape index (κ2) is 3.90. The molecule has 1 fully saturated rings. The van der Waals surface area contributed by atoms with Crippen LogP contribution in [0.1, 0.15) is 0 Å². The first-order valence-electron chi connectivity index (χ1n) is 4.38. The van der Waals surface area contributed by atoms with Gasteiger partial charge in [-0.05, 0) is 6.07 Å². The van der Waals surface area contributed by atoms with Crippen molar-refractivity contribution in [2.75, 3.05) is 17.2 Å². The van der Waals surface area contributed by atoms with E-state index in [-0.39, 0.29) is 10.9 Å². The molecule has 1 aliphatic heterocycles. The van der Waals surface area contributed by atoms with Crippen molar-refractivity contribution in [3.8, 4) is 0 Å². The van der Waals surface area contributed by atoms with Crippen LogP contribution >= 0.6 is 11.8 Å². The second-order valence-corrected chi connectivity index (χ2v) is 4.06. The van der Waals surface area contributed by atoms with E-state index in [0.717, 1.165) is 0 Å². The lowest BCUT2D eigenvalue weighted by Crippen LogP contribution is -2.22. The van der Waals surface area contributed by atoms with Gasteiger partial charge in [0.25, 0.3) is 10.9 Å². The topological polar surface area (TPSA) is 63.5 Å². The van der Waals surface area contributed by atoms with E-state index in [1.807, 2.05) is 0 Å². The number of rotatable bonds is 2. The lowest BCUT2D eigenvalue weighted by Gasteiger charge is -2.13. The standard InChI is InChI=1S/C9H8N2O3S/c12-9-10(5-6-15-9)7-3-1-2-4-8(7)11(13)14/h1-4H,5-6H2. The SMILES string of the molecule is O=C1SCCN1c1ccccc1[N+](=O)[O-]. The molecule has 0 bridgehead atoms. The van der Waals surface area contributed by atoms with Crippen LogP contribution in [0.25, 0.3) is 0 Å². The fourth-order valence-electron chi connectivity index (χ4n) is 1.46. The molecule has 78 valence electrons. The van der Waals surface area contributed by atoms with Crippen molar-refractivity contribution in [1.82, 2.24) is 0 Å². The third kappa shape index (κ3) is 1.80. The monoisotopic (exact) mass is 224 g/mol. The summed E-state index contributed by atoms with van der Waals surface area (Å²) in [7, 11) is 0. The number of hydrogen-bond donors (Lipinski definition) is 0. The lowest BCUT2D eigenvalue weighted by atomic mass is 10.2. The lowest BCUT2D eigenvalue weighted by molar-refractivity contribution is -0.384. The number of thioether (sulfide) groups is 1. The van der Waals surface area contributed by atoms with Crippen LogP contribution in [0.5, 0.6) is 0 Å². The normalized spacial score (nSPS) is 15.7. The van der Waals surface area contributed by atoms with E-state index in [2.05, 4.69) is 0 Å². The molecule has 5 nitrogen and oxygen atoms in total. The van der Waals surface area contributed by atoms with Crippen molar-refractivity contribution in [3.63, 3.8) is 0 Å². The third-order valence-corrected chi connectivity index (χ3v) is 2.98. The maximum Gasteiger partial charge on any atom is 0.292 e. The summed E-state index contributed by atoms with van der Waals surface area (Å²) in [5.74, 6) is 0.685. The van der Waals surface area contributed by atoms with Gasteiger partial charge < -0.3 is 0 Å². The Morgan fingerprint density at radius 2 is 2.13 bits per heavy atom. The van der Waals surface area contributed by atoms with Crippen LogP contribution in [0.15, 0.2) is 24.3 Å². The Labute approximate surface area is 90.2 Å². The fourth-order valence-corrected chi connectivity index (χ4v) is 2.25. The Morgan fingerprint density at radius 3 is 2.73 bits per heavy atom. The Balaban J connectivity index is 2.42. The highest BCUT2D eigenvalue weighted by atomic mass is 32.2. The summed E-state index contributed by atoms with van der Waals surface area (Å²) in [4.78, 5) is 23.1. The number of nitrogens with zero attached hydrogens (tertiary/aromatic N) is 2. The molecule has 1 aromatic carbocycles. The van der Waals surface area contributed by atoms with Crippen LogP contribution in [0.4, 0.5) is 16.2 Å². The molecule has 0 aromatic heterocycles. The molecule has 0 radical (unpaired) electrons. The van der Waals surface area contributed by atoms with Crippen molar-refractivity contribution in [3.05, 3.63) is 34.4 Å². The number of amides is 1. The van der Waals surface area contributed by atoms with Gasteiger partial charge in [-0.3, -0.25) is 19.8 Å². The largest absolute Gasteiger partial charge is 0.296 e. The average molecular weight is 224 g/mol. The number of benzene rings is 1. The smallest absolute Gasteiger partial charge is 0.292 e. The van der Waals surface area contributed by atoms with Crippen LogP contribution in [-0.2, 0) is 0 Å². The molecule has 0 atom stereocenters. The van der Waals surface area contributed by atoms with Crippen LogP contribution in [0, 0.1) is 10.1 Å². The van der Waals surface area contributed by atoms with Crippen molar-refractivity contribution in [2.45, 2.75) is 0 Å². The quantitative estimate of drug-likeness (QED) is 0.571. The summed E-state index contributed by atoms with van der Waals surface area (Å²) in [5, 5.41) is 10.6. The molecule has 2 rings (SSSR count). The molecule has 0 saturated carbocycles. The summed E-state index contributed by atoms with van der Waals surface area (Å²) in [6.07, 6.45) is 0. The molecule has 0 aliphatic carbocycles. The minimum absolute atomic E-state index is 0.0200. The number of nitro benzene ring substituents is 1. The van der Waals surface area contributed by atoms with Gasteiger partial charge >= 0.3 is 0 Å². The second-order valence-electron chi connectivity index (χ2n) is 3.01. The zero-order valence-corrected chi connectivity index (χ0v) is 8.57. The van der Waals surface area contributed by atoms with E-state index in [1.54, 1.807) is 18.2 Å². The van der Waals surface area contributed by atoms with Crippen LogP contribution in [-0.4, -0.2) is 22.5 Å². The Hall–Kier alpha value is -1.56. The van der Waals surface area contributed by atoms with Gasteiger partial charge in [0.15, 0.2) is 0 Å². The molecular weight excluding hydrogens is 216 g/mol. The number of carbonyl (C=O) groups excluding carboxylic acids is 1. The molecule has 1 aliphatic rings. The highest BCUT2D eigenvalue weighted by Gasteiger charge is 2.28. The number of hydrogen-bond acceptors (Lipinski definition) is 4. The molecule has 0 unspecified atom stereocenters. The molecular formula is C9H8N2O3S. The summed E-state index contributed by atoms with van der Waals surface area (Å²) in [6.45, 7) is 0.536. The van der Waals surface area contributed by atoms with Crippen LogP contribution < -0.4 is 4.90 Å². The number of para-hydroxylation sites is 2. The molecule has 15 heavy (non-hydrogen) atoms. The summed E-state index contributed by atoms with van der Waals surface area (Å²) in [6, 6.07) is 6.29. The molecule has 0 N–H and O–H groups in total. The molecule has 1 heterocycles. The highest BCUT2D eigenvalue weighted by molar-refractivity contribution is 8.14. The van der Waals surface area contributed by atoms with Gasteiger partial charge in [0.1, 0.15) is 5.69 Å². The Kier molecular flexibility index (Phi) is 2.59. The first-order chi connectivity index (χ1) is 7.20. The average Bonchev–Trinajstić information content (AvgIpc) is 2.64. The summed E-state index contributed by atoms with van der Waals surface area (Å²) >= 11 is 1.19. The van der Waals surface area contributed by atoms with Gasteiger partial charge in [-0.15, -0.1) is 0 Å². The van der Waals surface area contributed by atoms with E-state index in [0.29, 0.717) is 18.0 Å². The van der Waals surface area contributed by atoms with Gasteiger partial charge in [0.2, 0.25) is 0 Å². The van der Waals surface area contributed by atoms with E-state index in [1.165, 1.54) is 22.7 Å². The molecule has 1 aromatic rings. The minimum atomic E-state index is -0.467. The van der Waals surface area contributed by atoms with E-state index < -0.39 is 4.92 Å². The predicted molar refractivity (Wildman–Crippen MR) is 58.3 cm³/mol.